The van der Waals surface area contributed by atoms with Gasteiger partial charge in [0.05, 0.1) is 11.4 Å². The lowest BCUT2D eigenvalue weighted by Crippen LogP contribution is -2.34. The maximum Gasteiger partial charge on any atom is 0.0627 e. The number of halogens is 1. The van der Waals surface area contributed by atoms with E-state index < -0.39 is 0 Å². The Labute approximate surface area is 82.6 Å². The van der Waals surface area contributed by atoms with Gasteiger partial charge in [0.25, 0.3) is 0 Å². The summed E-state index contributed by atoms with van der Waals surface area (Å²) >= 11 is 3.37. The molecule has 0 saturated heterocycles. The van der Waals surface area contributed by atoms with Crippen molar-refractivity contribution in [1.29, 1.82) is 0 Å². The van der Waals surface area contributed by atoms with Crippen LogP contribution in [0.3, 0.4) is 0 Å². The Morgan fingerprint density at radius 2 is 2.00 bits per heavy atom. The van der Waals surface area contributed by atoms with Crippen molar-refractivity contribution in [2.45, 2.75) is 0 Å². The van der Waals surface area contributed by atoms with E-state index in [0.717, 1.165) is 11.0 Å². The lowest BCUT2D eigenvalue weighted by molar-refractivity contribution is 0.0986. The van der Waals surface area contributed by atoms with E-state index in [-0.39, 0.29) is 0 Å². The first-order chi connectivity index (χ1) is 5.54. The molecular weight excluding hydrogens is 218 g/mol. The fraction of sp³-hybridized carbons (Fsp3) is 0.500. The summed E-state index contributed by atoms with van der Waals surface area (Å²) in [6.45, 7) is 3.62. The lowest BCUT2D eigenvalue weighted by atomic mass is 10.3. The third kappa shape index (κ3) is 2.87. The molecule has 0 saturated carbocycles. The molecule has 0 aromatic carbocycles. The first-order valence-corrected chi connectivity index (χ1v) is 4.74. The van der Waals surface area contributed by atoms with Crippen molar-refractivity contribution in [3.63, 3.8) is 0 Å². The Kier molecular flexibility index (Phi) is 5.01. The van der Waals surface area contributed by atoms with Crippen molar-refractivity contribution < 1.29 is 0 Å². The van der Waals surface area contributed by atoms with Crippen LogP contribution in [0.1, 0.15) is 0 Å². The molecule has 70 valence electrons. The van der Waals surface area contributed by atoms with Gasteiger partial charge in [0.15, 0.2) is 0 Å². The molecule has 0 amide bonds. The van der Waals surface area contributed by atoms with Crippen molar-refractivity contribution in [3.05, 3.63) is 24.0 Å². The molecule has 0 unspecified atom stereocenters. The minimum absolute atomic E-state index is 0.697. The lowest BCUT2D eigenvalue weighted by Gasteiger charge is -2.28. The molecule has 0 rings (SSSR count). The van der Waals surface area contributed by atoms with Crippen molar-refractivity contribution in [2.75, 3.05) is 26.5 Å². The second kappa shape index (κ2) is 5.22. The molecule has 0 aromatic heterocycles. The van der Waals surface area contributed by atoms with Crippen LogP contribution in [0.25, 0.3) is 0 Å². The average Bonchev–Trinajstić information content (AvgIpc) is 2.05. The minimum Gasteiger partial charge on any atom is -0.397 e. The summed E-state index contributed by atoms with van der Waals surface area (Å²) < 4.78 is 0. The van der Waals surface area contributed by atoms with Gasteiger partial charge in [0, 0.05) is 26.5 Å². The highest BCUT2D eigenvalue weighted by atomic mass is 79.9. The molecule has 2 N–H and O–H groups in total. The molecule has 0 bridgehead atoms. The molecule has 0 aromatic rings. The molecule has 0 radical (unpaired) electrons. The van der Waals surface area contributed by atoms with Crippen LogP contribution >= 0.6 is 15.9 Å². The van der Waals surface area contributed by atoms with Crippen molar-refractivity contribution >= 4 is 15.9 Å². The van der Waals surface area contributed by atoms with Crippen LogP contribution in [0, 0.1) is 0 Å². The number of nitrogens with two attached hydrogens (primary N) is 1. The highest BCUT2D eigenvalue weighted by Crippen LogP contribution is 2.09. The van der Waals surface area contributed by atoms with E-state index in [1.807, 2.05) is 31.2 Å². The van der Waals surface area contributed by atoms with E-state index in [9.17, 15) is 0 Å². The molecule has 0 aliphatic carbocycles. The quantitative estimate of drug-likeness (QED) is 0.450. The van der Waals surface area contributed by atoms with Crippen LogP contribution in [0.5, 0.6) is 0 Å². The normalized spacial score (nSPS) is 12.8. The molecule has 12 heavy (non-hydrogen) atoms. The zero-order valence-electron chi connectivity index (χ0n) is 7.84. The van der Waals surface area contributed by atoms with E-state index in [4.69, 9.17) is 5.73 Å². The molecular formula is C8H16BrN3. The van der Waals surface area contributed by atoms with E-state index in [1.54, 1.807) is 6.08 Å². The predicted molar refractivity (Wildman–Crippen MR) is 56.7 cm³/mol. The van der Waals surface area contributed by atoms with Gasteiger partial charge in [0.1, 0.15) is 0 Å². The summed E-state index contributed by atoms with van der Waals surface area (Å²) in [5.74, 6) is 0. The smallest absolute Gasteiger partial charge is 0.0627 e. The fourth-order valence-corrected chi connectivity index (χ4v) is 1.40. The van der Waals surface area contributed by atoms with Crippen LogP contribution in [0.4, 0.5) is 0 Å². The van der Waals surface area contributed by atoms with Gasteiger partial charge in [0.2, 0.25) is 0 Å². The number of allylic oxidation sites excluding steroid dienone is 2. The zero-order valence-corrected chi connectivity index (χ0v) is 9.43. The second-order valence-corrected chi connectivity index (χ2v) is 3.17. The van der Waals surface area contributed by atoms with Gasteiger partial charge in [-0.2, -0.15) is 0 Å². The summed E-state index contributed by atoms with van der Waals surface area (Å²) in [5, 5.41) is 4.64. The number of hydrogen-bond donors (Lipinski definition) is 1. The number of nitrogens with zero attached hydrogens (tertiary/aromatic N) is 2. The summed E-state index contributed by atoms with van der Waals surface area (Å²) in [4.78, 5) is 0. The third-order valence-corrected chi connectivity index (χ3v) is 2.20. The first-order valence-electron chi connectivity index (χ1n) is 3.62. The van der Waals surface area contributed by atoms with Gasteiger partial charge in [-0.25, -0.2) is 5.01 Å². The van der Waals surface area contributed by atoms with Crippen molar-refractivity contribution in [1.82, 2.24) is 10.0 Å². The zero-order chi connectivity index (χ0) is 9.72. The van der Waals surface area contributed by atoms with Crippen LogP contribution in [0.15, 0.2) is 24.0 Å². The second-order valence-electron chi connectivity index (χ2n) is 2.61. The molecule has 0 spiro atoms. The molecule has 0 aliphatic heterocycles. The third-order valence-electron chi connectivity index (χ3n) is 1.67. The summed E-state index contributed by atoms with van der Waals surface area (Å²) in [5.41, 5.74) is 7.44. The molecule has 3 nitrogen and oxygen atoms in total. The van der Waals surface area contributed by atoms with Crippen LogP contribution in [-0.2, 0) is 0 Å². The Morgan fingerprint density at radius 1 is 1.50 bits per heavy atom. The van der Waals surface area contributed by atoms with E-state index in [2.05, 4.69) is 22.5 Å². The highest BCUT2D eigenvalue weighted by Gasteiger charge is 2.07. The number of rotatable bonds is 4. The SMILES string of the molecule is C=C/C(N)=C(\CBr)N(C)N(C)C. The maximum atomic E-state index is 5.73. The van der Waals surface area contributed by atoms with Crippen molar-refractivity contribution in [2.24, 2.45) is 5.73 Å². The van der Waals surface area contributed by atoms with Gasteiger partial charge < -0.3 is 10.7 Å². The first kappa shape index (κ1) is 11.5. The van der Waals surface area contributed by atoms with Crippen molar-refractivity contribution in [3.8, 4) is 0 Å². The molecule has 0 aliphatic rings. The van der Waals surface area contributed by atoms with Gasteiger partial charge >= 0.3 is 0 Å². The maximum absolute atomic E-state index is 5.73. The Bertz CT molecular complexity index is 187. The standard InChI is InChI=1S/C8H16BrN3/c1-5-7(10)8(6-9)12(4)11(2)3/h5H,1,6,10H2,2-4H3/b8-7-. The summed E-state index contributed by atoms with van der Waals surface area (Å²) in [7, 11) is 5.87. The van der Waals surface area contributed by atoms with Gasteiger partial charge in [-0.3, -0.25) is 0 Å². The molecule has 0 heterocycles. The van der Waals surface area contributed by atoms with E-state index in [1.165, 1.54) is 0 Å². The molecule has 0 atom stereocenters. The average molecular weight is 234 g/mol. The number of hydrogen-bond acceptors (Lipinski definition) is 3. The Hall–Kier alpha value is -0.480. The van der Waals surface area contributed by atoms with Crippen LogP contribution < -0.4 is 5.73 Å². The minimum atomic E-state index is 0.697. The van der Waals surface area contributed by atoms with Gasteiger partial charge in [-0.15, -0.1) is 0 Å². The highest BCUT2D eigenvalue weighted by molar-refractivity contribution is 9.09. The summed E-state index contributed by atoms with van der Waals surface area (Å²) in [6.07, 6.45) is 1.65. The van der Waals surface area contributed by atoms with E-state index >= 15 is 0 Å². The molecule has 4 heteroatoms. The van der Waals surface area contributed by atoms with E-state index in [0.29, 0.717) is 5.70 Å². The predicted octanol–water partition coefficient (Wildman–Crippen LogP) is 1.15. The number of alkyl halides is 1. The fourth-order valence-electron chi connectivity index (χ4n) is 0.710. The van der Waals surface area contributed by atoms with Gasteiger partial charge in [-0.05, 0) is 6.08 Å². The molecule has 0 fully saturated rings. The van der Waals surface area contributed by atoms with Gasteiger partial charge in [-0.1, -0.05) is 22.5 Å². The van der Waals surface area contributed by atoms with Crippen LogP contribution in [0.2, 0.25) is 0 Å². The number of hydrazine groups is 1. The summed E-state index contributed by atoms with van der Waals surface area (Å²) in [6, 6.07) is 0. The monoisotopic (exact) mass is 233 g/mol. The topological polar surface area (TPSA) is 32.5 Å². The Morgan fingerprint density at radius 3 is 2.25 bits per heavy atom. The van der Waals surface area contributed by atoms with Crippen LogP contribution in [-0.4, -0.2) is 36.5 Å². The Balaban J connectivity index is 4.66. The largest absolute Gasteiger partial charge is 0.397 e.